The van der Waals surface area contributed by atoms with Crippen LogP contribution in [-0.4, -0.2) is 29.3 Å². The van der Waals surface area contributed by atoms with E-state index < -0.39 is 22.7 Å². The van der Waals surface area contributed by atoms with Gasteiger partial charge >= 0.3 is 5.97 Å². The molecular weight excluding hydrogens is 312 g/mol. The molecule has 0 unspecified atom stereocenters. The minimum atomic E-state index is -0.978. The number of hydrogen-bond donors (Lipinski definition) is 1. The summed E-state index contributed by atoms with van der Waals surface area (Å²) < 4.78 is 5.03. The second-order valence-corrected chi connectivity index (χ2v) is 7.11. The van der Waals surface area contributed by atoms with Gasteiger partial charge in [0.2, 0.25) is 0 Å². The van der Waals surface area contributed by atoms with E-state index in [1.165, 1.54) is 11.8 Å². The Morgan fingerprint density at radius 3 is 2.43 bits per heavy atom. The van der Waals surface area contributed by atoms with Gasteiger partial charge in [-0.25, -0.2) is 0 Å². The zero-order chi connectivity index (χ0) is 17.5. The minimum Gasteiger partial charge on any atom is -0.455 e. The van der Waals surface area contributed by atoms with E-state index in [9.17, 15) is 9.59 Å². The molecule has 0 saturated heterocycles. The van der Waals surface area contributed by atoms with Crippen LogP contribution in [-0.2, 0) is 14.3 Å². The largest absolute Gasteiger partial charge is 0.455 e. The number of carbonyl (C=O) groups is 2. The first kappa shape index (κ1) is 19.0. The highest BCUT2D eigenvalue weighted by Gasteiger charge is 2.30. The molecule has 6 heteroatoms. The molecule has 0 aromatic heterocycles. The molecule has 0 spiro atoms. The van der Waals surface area contributed by atoms with Gasteiger partial charge in [-0.05, 0) is 31.9 Å². The van der Waals surface area contributed by atoms with E-state index in [1.807, 2.05) is 44.2 Å². The molecule has 0 aliphatic rings. The molecule has 0 bridgehead atoms. The molecule has 124 valence electrons. The summed E-state index contributed by atoms with van der Waals surface area (Å²) in [6.07, 6.45) is 0. The van der Waals surface area contributed by atoms with Crippen molar-refractivity contribution in [2.45, 2.75) is 43.4 Å². The summed E-state index contributed by atoms with van der Waals surface area (Å²) in [5.74, 6) is -0.995. The first-order valence-corrected chi connectivity index (χ1v) is 8.27. The number of hydrogen-bond acceptors (Lipinski definition) is 5. The summed E-state index contributed by atoms with van der Waals surface area (Å²) in [6.45, 7) is 6.67. The van der Waals surface area contributed by atoms with Crippen molar-refractivity contribution < 1.29 is 14.3 Å². The molecule has 1 aromatic rings. The molecule has 1 aromatic carbocycles. The number of ether oxygens (including phenoxy) is 1. The smallest absolute Gasteiger partial charge is 0.319 e. The Balaban J connectivity index is 2.46. The highest BCUT2D eigenvalue weighted by atomic mass is 32.2. The third kappa shape index (κ3) is 5.95. The fraction of sp³-hybridized carbons (Fsp3) is 0.471. The van der Waals surface area contributed by atoms with Crippen molar-refractivity contribution in [2.24, 2.45) is 5.92 Å². The van der Waals surface area contributed by atoms with Crippen LogP contribution in [0.25, 0.3) is 0 Å². The third-order valence-electron chi connectivity index (χ3n) is 3.52. The quantitative estimate of drug-likeness (QED) is 0.613. The van der Waals surface area contributed by atoms with Crippen LogP contribution in [0.4, 0.5) is 0 Å². The molecule has 2 atom stereocenters. The van der Waals surface area contributed by atoms with Crippen molar-refractivity contribution in [3.63, 3.8) is 0 Å². The molecule has 0 fully saturated rings. The van der Waals surface area contributed by atoms with Crippen LogP contribution < -0.4 is 5.32 Å². The number of nitriles is 1. The summed E-state index contributed by atoms with van der Waals surface area (Å²) in [4.78, 5) is 24.8. The zero-order valence-electron chi connectivity index (χ0n) is 13.8. The van der Waals surface area contributed by atoms with Gasteiger partial charge in [0.05, 0.1) is 6.07 Å². The maximum absolute atomic E-state index is 11.9. The lowest BCUT2D eigenvalue weighted by molar-refractivity contribution is -0.148. The number of nitrogens with zero attached hydrogens (tertiary/aromatic N) is 1. The topological polar surface area (TPSA) is 79.2 Å². The van der Waals surface area contributed by atoms with Crippen LogP contribution in [0.1, 0.15) is 27.7 Å². The molecular formula is C17H22N2O3S. The summed E-state index contributed by atoms with van der Waals surface area (Å²) >= 11 is 1.37. The molecule has 0 aliphatic carbocycles. The summed E-state index contributed by atoms with van der Waals surface area (Å²) in [6, 6.07) is 11.6. The van der Waals surface area contributed by atoms with Crippen molar-refractivity contribution >= 4 is 23.6 Å². The second kappa shape index (κ2) is 8.59. The Morgan fingerprint density at radius 2 is 1.91 bits per heavy atom. The average Bonchev–Trinajstić information content (AvgIpc) is 2.53. The van der Waals surface area contributed by atoms with E-state index in [2.05, 4.69) is 11.4 Å². The van der Waals surface area contributed by atoms with Crippen LogP contribution in [0.3, 0.4) is 0 Å². The van der Waals surface area contributed by atoms with E-state index in [0.717, 1.165) is 4.90 Å². The van der Waals surface area contributed by atoms with Crippen LogP contribution in [0.5, 0.6) is 0 Å². The molecule has 1 N–H and O–H groups in total. The lowest BCUT2D eigenvalue weighted by Gasteiger charge is -2.27. The number of nitrogens with one attached hydrogen (secondary N) is 1. The minimum absolute atomic E-state index is 0.0558. The number of thioether (sulfide) groups is 1. The second-order valence-electron chi connectivity index (χ2n) is 5.70. The predicted octanol–water partition coefficient (Wildman–Crippen LogP) is 2.76. The maximum atomic E-state index is 11.9. The van der Waals surface area contributed by atoms with Gasteiger partial charge < -0.3 is 10.1 Å². The molecule has 1 rings (SSSR count). The van der Waals surface area contributed by atoms with Gasteiger partial charge in [-0.1, -0.05) is 32.0 Å². The predicted molar refractivity (Wildman–Crippen MR) is 89.7 cm³/mol. The molecule has 1 amide bonds. The van der Waals surface area contributed by atoms with Gasteiger partial charge in [-0.3, -0.25) is 9.59 Å². The monoisotopic (exact) mass is 334 g/mol. The van der Waals surface area contributed by atoms with Crippen LogP contribution in [0, 0.1) is 17.2 Å². The number of benzene rings is 1. The van der Waals surface area contributed by atoms with Crippen molar-refractivity contribution in [3.05, 3.63) is 30.3 Å². The number of esters is 1. The van der Waals surface area contributed by atoms with Crippen molar-refractivity contribution in [2.75, 3.05) is 6.61 Å². The average molecular weight is 334 g/mol. The first-order valence-electron chi connectivity index (χ1n) is 7.39. The van der Waals surface area contributed by atoms with E-state index >= 15 is 0 Å². The summed E-state index contributed by atoms with van der Waals surface area (Å²) in [5, 5.41) is 11.3. The summed E-state index contributed by atoms with van der Waals surface area (Å²) in [5.41, 5.74) is -0.978. The van der Waals surface area contributed by atoms with Crippen LogP contribution >= 0.6 is 11.8 Å². The normalized spacial score (nSPS) is 14.4. The van der Waals surface area contributed by atoms with E-state index in [4.69, 9.17) is 10.00 Å². The fourth-order valence-electron chi connectivity index (χ4n) is 1.63. The molecule has 0 heterocycles. The molecule has 0 saturated carbocycles. The molecule has 5 nitrogen and oxygen atoms in total. The zero-order valence-corrected chi connectivity index (χ0v) is 14.6. The number of amides is 1. The van der Waals surface area contributed by atoms with Crippen molar-refractivity contribution in [3.8, 4) is 6.07 Å². The van der Waals surface area contributed by atoms with Gasteiger partial charge in [0.15, 0.2) is 6.61 Å². The van der Waals surface area contributed by atoms with Crippen LogP contribution in [0.15, 0.2) is 35.2 Å². The van der Waals surface area contributed by atoms with E-state index in [0.29, 0.717) is 0 Å². The Labute approximate surface area is 141 Å². The lowest BCUT2D eigenvalue weighted by atomic mass is 9.90. The van der Waals surface area contributed by atoms with Crippen molar-refractivity contribution in [1.82, 2.24) is 5.32 Å². The Morgan fingerprint density at radius 1 is 1.30 bits per heavy atom. The molecule has 23 heavy (non-hydrogen) atoms. The van der Waals surface area contributed by atoms with E-state index in [1.54, 1.807) is 13.8 Å². The Kier molecular flexibility index (Phi) is 7.11. The van der Waals surface area contributed by atoms with Gasteiger partial charge in [-0.15, -0.1) is 11.8 Å². The molecule has 0 aliphatic heterocycles. The number of rotatable bonds is 7. The maximum Gasteiger partial charge on any atom is 0.319 e. The summed E-state index contributed by atoms with van der Waals surface area (Å²) in [7, 11) is 0. The van der Waals surface area contributed by atoms with Gasteiger partial charge in [0.25, 0.3) is 5.91 Å². The fourth-order valence-corrected chi connectivity index (χ4v) is 2.52. The SMILES string of the molecule is CC(C)[C@@](C)(C#N)NC(=O)COC(=O)[C@@H](C)Sc1ccccc1. The number of carbonyl (C=O) groups excluding carboxylic acids is 2. The van der Waals surface area contributed by atoms with Crippen molar-refractivity contribution in [1.29, 1.82) is 5.26 Å². The molecule has 0 radical (unpaired) electrons. The Hall–Kier alpha value is -2.00. The Bertz CT molecular complexity index is 583. The lowest BCUT2D eigenvalue weighted by Crippen LogP contribution is -2.50. The van der Waals surface area contributed by atoms with Crippen LogP contribution in [0.2, 0.25) is 0 Å². The van der Waals surface area contributed by atoms with Gasteiger partial charge in [-0.2, -0.15) is 5.26 Å². The third-order valence-corrected chi connectivity index (χ3v) is 4.61. The van der Waals surface area contributed by atoms with E-state index in [-0.39, 0.29) is 12.5 Å². The highest BCUT2D eigenvalue weighted by molar-refractivity contribution is 8.00. The van der Waals surface area contributed by atoms with Gasteiger partial charge in [0, 0.05) is 4.90 Å². The standard InChI is InChI=1S/C17H22N2O3S/c1-12(2)17(4,11-18)19-15(20)10-22-16(21)13(3)23-14-8-6-5-7-9-14/h5-9,12-13H,10H2,1-4H3,(H,19,20)/t13-,17-/m1/s1. The van der Waals surface area contributed by atoms with Gasteiger partial charge in [0.1, 0.15) is 10.8 Å². The first-order chi connectivity index (χ1) is 10.8. The highest BCUT2D eigenvalue weighted by Crippen LogP contribution is 2.23.